The normalized spacial score (nSPS) is 17.2. The SMILES string of the molecule is Cc1nc2cnc(Nc3ccnc(NC4CCSC4)n3)cc2n1C(C)C. The summed E-state index contributed by atoms with van der Waals surface area (Å²) in [7, 11) is 0. The van der Waals surface area contributed by atoms with E-state index in [1.165, 1.54) is 5.75 Å². The summed E-state index contributed by atoms with van der Waals surface area (Å²) in [5, 5.41) is 6.69. The van der Waals surface area contributed by atoms with Crippen molar-refractivity contribution in [3.05, 3.63) is 30.4 Å². The highest BCUT2D eigenvalue weighted by Gasteiger charge is 2.16. The van der Waals surface area contributed by atoms with Gasteiger partial charge in [0.25, 0.3) is 0 Å². The summed E-state index contributed by atoms with van der Waals surface area (Å²) in [5.41, 5.74) is 1.98. The number of nitrogens with zero attached hydrogens (tertiary/aromatic N) is 5. The Morgan fingerprint density at radius 1 is 1.23 bits per heavy atom. The number of fused-ring (bicyclic) bond motifs is 1. The third-order valence-corrected chi connectivity index (χ3v) is 5.61. The minimum atomic E-state index is 0.342. The minimum Gasteiger partial charge on any atom is -0.351 e. The van der Waals surface area contributed by atoms with Gasteiger partial charge in [-0.2, -0.15) is 16.7 Å². The second-order valence-corrected chi connectivity index (χ2v) is 7.93. The fraction of sp³-hybridized carbons (Fsp3) is 0.444. The van der Waals surface area contributed by atoms with E-state index >= 15 is 0 Å². The molecule has 0 bridgehead atoms. The third kappa shape index (κ3) is 3.46. The molecule has 0 radical (unpaired) electrons. The van der Waals surface area contributed by atoms with Gasteiger partial charge in [0.1, 0.15) is 23.0 Å². The fourth-order valence-corrected chi connectivity index (χ4v) is 4.45. The van der Waals surface area contributed by atoms with Crippen molar-refractivity contribution in [2.75, 3.05) is 22.1 Å². The summed E-state index contributed by atoms with van der Waals surface area (Å²) in [4.78, 5) is 18.0. The Balaban J connectivity index is 1.57. The molecular weight excluding hydrogens is 346 g/mol. The van der Waals surface area contributed by atoms with Crippen molar-refractivity contribution < 1.29 is 0 Å². The number of anilines is 3. The first kappa shape index (κ1) is 17.1. The van der Waals surface area contributed by atoms with Gasteiger partial charge in [0.2, 0.25) is 5.95 Å². The molecule has 3 aromatic rings. The third-order valence-electron chi connectivity index (χ3n) is 4.44. The van der Waals surface area contributed by atoms with Crippen LogP contribution in [0, 0.1) is 6.92 Å². The second kappa shape index (κ2) is 7.11. The van der Waals surface area contributed by atoms with Crippen LogP contribution in [-0.4, -0.2) is 42.1 Å². The Labute approximate surface area is 157 Å². The topological polar surface area (TPSA) is 80.6 Å². The zero-order chi connectivity index (χ0) is 18.1. The first-order chi connectivity index (χ1) is 12.6. The molecule has 1 aliphatic heterocycles. The van der Waals surface area contributed by atoms with Gasteiger partial charge in [0.15, 0.2) is 0 Å². The number of thioether (sulfide) groups is 1. The number of pyridine rings is 1. The highest BCUT2D eigenvalue weighted by molar-refractivity contribution is 7.99. The van der Waals surface area contributed by atoms with Gasteiger partial charge in [0.05, 0.1) is 11.7 Å². The minimum absolute atomic E-state index is 0.342. The van der Waals surface area contributed by atoms with Crippen molar-refractivity contribution in [1.82, 2.24) is 24.5 Å². The van der Waals surface area contributed by atoms with Gasteiger partial charge < -0.3 is 15.2 Å². The maximum absolute atomic E-state index is 4.59. The Hall–Kier alpha value is -2.35. The lowest BCUT2D eigenvalue weighted by molar-refractivity contribution is 0.600. The Kier molecular flexibility index (Phi) is 4.67. The van der Waals surface area contributed by atoms with Crippen LogP contribution in [0.5, 0.6) is 0 Å². The first-order valence-electron chi connectivity index (χ1n) is 8.89. The smallest absolute Gasteiger partial charge is 0.224 e. The Morgan fingerprint density at radius 2 is 2.12 bits per heavy atom. The zero-order valence-electron chi connectivity index (χ0n) is 15.2. The maximum atomic E-state index is 4.59. The number of aryl methyl sites for hydroxylation is 1. The first-order valence-corrected chi connectivity index (χ1v) is 10.0. The van der Waals surface area contributed by atoms with Gasteiger partial charge in [-0.25, -0.2) is 15.0 Å². The molecule has 1 aliphatic rings. The van der Waals surface area contributed by atoms with Crippen LogP contribution >= 0.6 is 11.8 Å². The molecular formula is C18H23N7S. The summed E-state index contributed by atoms with van der Waals surface area (Å²) in [6.45, 7) is 6.34. The van der Waals surface area contributed by atoms with Crippen LogP contribution < -0.4 is 10.6 Å². The molecule has 26 heavy (non-hydrogen) atoms. The molecule has 0 aliphatic carbocycles. The van der Waals surface area contributed by atoms with Crippen molar-refractivity contribution >= 4 is 40.4 Å². The van der Waals surface area contributed by atoms with Crippen LogP contribution in [0.25, 0.3) is 11.0 Å². The molecule has 0 amide bonds. The predicted octanol–water partition coefficient (Wildman–Crippen LogP) is 3.77. The molecule has 4 rings (SSSR count). The van der Waals surface area contributed by atoms with Crippen molar-refractivity contribution in [2.45, 2.75) is 39.3 Å². The van der Waals surface area contributed by atoms with Crippen molar-refractivity contribution in [1.29, 1.82) is 0 Å². The highest BCUT2D eigenvalue weighted by Crippen LogP contribution is 2.24. The number of aromatic nitrogens is 5. The molecule has 0 spiro atoms. The summed E-state index contributed by atoms with van der Waals surface area (Å²) >= 11 is 1.96. The number of rotatable bonds is 5. The summed E-state index contributed by atoms with van der Waals surface area (Å²) < 4.78 is 2.22. The van der Waals surface area contributed by atoms with Crippen LogP contribution in [0.4, 0.5) is 17.6 Å². The lowest BCUT2D eigenvalue weighted by Crippen LogP contribution is -2.19. The molecule has 1 atom stereocenters. The molecule has 1 unspecified atom stereocenters. The van der Waals surface area contributed by atoms with Crippen LogP contribution in [0.3, 0.4) is 0 Å². The number of imidazole rings is 1. The van der Waals surface area contributed by atoms with Crippen LogP contribution in [0.15, 0.2) is 24.5 Å². The summed E-state index contributed by atoms with van der Waals surface area (Å²) in [6.07, 6.45) is 4.73. The van der Waals surface area contributed by atoms with E-state index in [4.69, 9.17) is 0 Å². The molecule has 0 aromatic carbocycles. The van der Waals surface area contributed by atoms with Crippen LogP contribution in [-0.2, 0) is 0 Å². The van der Waals surface area contributed by atoms with Gasteiger partial charge in [0, 0.05) is 30.1 Å². The second-order valence-electron chi connectivity index (χ2n) is 6.78. The van der Waals surface area contributed by atoms with Gasteiger partial charge in [-0.3, -0.25) is 0 Å². The Bertz CT molecular complexity index is 915. The van der Waals surface area contributed by atoms with E-state index in [2.05, 4.69) is 49.0 Å². The average Bonchev–Trinajstić information content (AvgIpc) is 3.21. The Morgan fingerprint density at radius 3 is 2.88 bits per heavy atom. The molecule has 2 N–H and O–H groups in total. The quantitative estimate of drug-likeness (QED) is 0.708. The van der Waals surface area contributed by atoms with Gasteiger partial charge in [-0.15, -0.1) is 0 Å². The summed E-state index contributed by atoms with van der Waals surface area (Å²) in [5.74, 6) is 5.44. The highest BCUT2D eigenvalue weighted by atomic mass is 32.2. The van der Waals surface area contributed by atoms with Crippen LogP contribution in [0.1, 0.15) is 32.1 Å². The van der Waals surface area contributed by atoms with E-state index in [0.29, 0.717) is 18.0 Å². The van der Waals surface area contributed by atoms with E-state index in [9.17, 15) is 0 Å². The molecule has 0 saturated carbocycles. The lowest BCUT2D eigenvalue weighted by atomic mass is 10.3. The molecule has 7 nitrogen and oxygen atoms in total. The lowest BCUT2D eigenvalue weighted by Gasteiger charge is -2.13. The zero-order valence-corrected chi connectivity index (χ0v) is 16.0. The van der Waals surface area contributed by atoms with E-state index in [1.54, 1.807) is 12.4 Å². The number of hydrogen-bond donors (Lipinski definition) is 2. The van der Waals surface area contributed by atoms with Gasteiger partial charge in [-0.1, -0.05) is 0 Å². The molecule has 3 aromatic heterocycles. The predicted molar refractivity (Wildman–Crippen MR) is 107 cm³/mol. The molecule has 8 heteroatoms. The van der Waals surface area contributed by atoms with E-state index in [0.717, 1.165) is 40.7 Å². The number of nitrogens with one attached hydrogen (secondary N) is 2. The van der Waals surface area contributed by atoms with E-state index in [-0.39, 0.29) is 0 Å². The van der Waals surface area contributed by atoms with E-state index < -0.39 is 0 Å². The largest absolute Gasteiger partial charge is 0.351 e. The van der Waals surface area contributed by atoms with Gasteiger partial charge in [-0.05, 0) is 39.0 Å². The van der Waals surface area contributed by atoms with Crippen molar-refractivity contribution in [2.24, 2.45) is 0 Å². The molecule has 4 heterocycles. The average molecular weight is 369 g/mol. The van der Waals surface area contributed by atoms with Crippen molar-refractivity contribution in [3.63, 3.8) is 0 Å². The maximum Gasteiger partial charge on any atom is 0.224 e. The van der Waals surface area contributed by atoms with Crippen molar-refractivity contribution in [3.8, 4) is 0 Å². The van der Waals surface area contributed by atoms with Crippen LogP contribution in [0.2, 0.25) is 0 Å². The molecule has 136 valence electrons. The van der Waals surface area contributed by atoms with Gasteiger partial charge >= 0.3 is 0 Å². The van der Waals surface area contributed by atoms with E-state index in [1.807, 2.05) is 30.8 Å². The fourth-order valence-electron chi connectivity index (χ4n) is 3.30. The summed E-state index contributed by atoms with van der Waals surface area (Å²) in [6, 6.07) is 4.67. The number of hydrogen-bond acceptors (Lipinski definition) is 7. The standard InChI is InChI=1S/C18H23N7S/c1-11(2)25-12(3)21-14-9-20-17(8-15(14)25)23-16-4-6-19-18(24-16)22-13-5-7-26-10-13/h4,6,8-9,11,13H,5,7,10H2,1-3H3,(H2,19,20,22,23,24). The molecule has 1 fully saturated rings. The molecule has 1 saturated heterocycles. The monoisotopic (exact) mass is 369 g/mol.